The van der Waals surface area contributed by atoms with E-state index in [9.17, 15) is 5.11 Å². The summed E-state index contributed by atoms with van der Waals surface area (Å²) in [7, 11) is 0. The summed E-state index contributed by atoms with van der Waals surface area (Å²) in [6.07, 6.45) is 1.37. The number of halogens is 1. The number of nitrogens with zero attached hydrogens (tertiary/aromatic N) is 1. The first-order valence-corrected chi connectivity index (χ1v) is 5.26. The number of aromatic amines is 1. The van der Waals surface area contributed by atoms with Crippen LogP contribution in [0.15, 0.2) is 30.5 Å². The fraction of sp³-hybridized carbons (Fsp3) is 0.182. The molecule has 0 bridgehead atoms. The first-order valence-electron chi connectivity index (χ1n) is 4.88. The Morgan fingerprint density at radius 3 is 2.62 bits per heavy atom. The van der Waals surface area contributed by atoms with Gasteiger partial charge in [-0.25, -0.2) is 0 Å². The van der Waals surface area contributed by atoms with Gasteiger partial charge in [0, 0.05) is 17.0 Å². The maximum absolute atomic E-state index is 9.94. The number of benzene rings is 1. The Bertz CT molecular complexity index is 466. The Kier molecular flexibility index (Phi) is 3.12. The van der Waals surface area contributed by atoms with Crippen molar-refractivity contribution in [3.8, 4) is 0 Å². The van der Waals surface area contributed by atoms with Crippen molar-refractivity contribution >= 4 is 17.4 Å². The Morgan fingerprint density at radius 2 is 2.06 bits per heavy atom. The summed E-state index contributed by atoms with van der Waals surface area (Å²) >= 11 is 5.78. The van der Waals surface area contributed by atoms with Gasteiger partial charge < -0.3 is 10.8 Å². The molecule has 0 amide bonds. The molecule has 0 spiro atoms. The minimum atomic E-state index is -0.653. The molecule has 4 nitrogen and oxygen atoms in total. The molecule has 0 fully saturated rings. The van der Waals surface area contributed by atoms with Crippen molar-refractivity contribution in [2.75, 3.05) is 5.73 Å². The van der Waals surface area contributed by atoms with Crippen LogP contribution >= 0.6 is 11.6 Å². The molecule has 16 heavy (non-hydrogen) atoms. The number of aliphatic hydroxyl groups is 1. The van der Waals surface area contributed by atoms with Crippen LogP contribution in [0.4, 0.5) is 5.82 Å². The average molecular weight is 238 g/mol. The third-order valence-electron chi connectivity index (χ3n) is 2.40. The van der Waals surface area contributed by atoms with Crippen LogP contribution in [0.3, 0.4) is 0 Å². The lowest BCUT2D eigenvalue weighted by Crippen LogP contribution is -2.03. The number of nitrogens with one attached hydrogen (secondary N) is 1. The molecule has 0 saturated carbocycles. The fourth-order valence-electron chi connectivity index (χ4n) is 1.52. The average Bonchev–Trinajstić information content (AvgIpc) is 2.68. The number of hydrogen-bond acceptors (Lipinski definition) is 3. The second-order valence-electron chi connectivity index (χ2n) is 3.59. The lowest BCUT2D eigenvalue weighted by atomic mass is 10.0. The smallest absolute Gasteiger partial charge is 0.124 e. The third kappa shape index (κ3) is 2.35. The molecule has 5 heteroatoms. The van der Waals surface area contributed by atoms with Crippen LogP contribution in [0.1, 0.15) is 17.2 Å². The van der Waals surface area contributed by atoms with Crippen molar-refractivity contribution in [2.45, 2.75) is 12.5 Å². The van der Waals surface area contributed by atoms with E-state index in [0.717, 1.165) is 5.56 Å². The second kappa shape index (κ2) is 4.55. The van der Waals surface area contributed by atoms with Crippen LogP contribution in [-0.4, -0.2) is 15.3 Å². The number of aromatic nitrogens is 2. The number of anilines is 1. The highest BCUT2D eigenvalue weighted by atomic mass is 35.5. The molecule has 1 heterocycles. The van der Waals surface area contributed by atoms with Crippen molar-refractivity contribution in [3.05, 3.63) is 46.6 Å². The quantitative estimate of drug-likeness (QED) is 0.764. The van der Waals surface area contributed by atoms with E-state index >= 15 is 0 Å². The van der Waals surface area contributed by atoms with Crippen molar-refractivity contribution < 1.29 is 5.11 Å². The molecule has 4 N–H and O–H groups in total. The summed E-state index contributed by atoms with van der Waals surface area (Å²) < 4.78 is 0. The van der Waals surface area contributed by atoms with Crippen molar-refractivity contribution in [1.82, 2.24) is 10.2 Å². The molecule has 0 aliphatic rings. The van der Waals surface area contributed by atoms with Gasteiger partial charge in [-0.2, -0.15) is 5.10 Å². The molecular weight excluding hydrogens is 226 g/mol. The molecule has 84 valence electrons. The monoisotopic (exact) mass is 237 g/mol. The van der Waals surface area contributed by atoms with Gasteiger partial charge >= 0.3 is 0 Å². The lowest BCUT2D eigenvalue weighted by molar-refractivity contribution is 0.179. The normalized spacial score (nSPS) is 12.6. The Balaban J connectivity index is 2.10. The molecule has 1 aromatic heterocycles. The van der Waals surface area contributed by atoms with Crippen LogP contribution in [0.2, 0.25) is 5.02 Å². The lowest BCUT2D eigenvalue weighted by Gasteiger charge is -2.09. The summed E-state index contributed by atoms with van der Waals surface area (Å²) in [5.41, 5.74) is 7.24. The molecule has 2 aromatic rings. The van der Waals surface area contributed by atoms with E-state index in [1.165, 1.54) is 6.20 Å². The number of rotatable bonds is 3. The highest BCUT2D eigenvalue weighted by Crippen LogP contribution is 2.22. The summed E-state index contributed by atoms with van der Waals surface area (Å²) in [6, 6.07) is 7.34. The molecular formula is C11H12ClN3O. The minimum Gasteiger partial charge on any atom is -0.388 e. The fourth-order valence-corrected chi connectivity index (χ4v) is 1.65. The SMILES string of the molecule is Nc1[nH]ncc1C(O)Cc1ccc(Cl)cc1. The van der Waals surface area contributed by atoms with Crippen molar-refractivity contribution in [2.24, 2.45) is 0 Å². The molecule has 0 aliphatic heterocycles. The van der Waals surface area contributed by atoms with Gasteiger partial charge in [0.05, 0.1) is 12.3 Å². The van der Waals surface area contributed by atoms with Crippen molar-refractivity contribution in [1.29, 1.82) is 0 Å². The van der Waals surface area contributed by atoms with Gasteiger partial charge in [-0.1, -0.05) is 23.7 Å². The zero-order valence-electron chi connectivity index (χ0n) is 8.52. The summed E-state index contributed by atoms with van der Waals surface area (Å²) in [4.78, 5) is 0. The highest BCUT2D eigenvalue weighted by molar-refractivity contribution is 6.30. The van der Waals surface area contributed by atoms with E-state index in [1.54, 1.807) is 12.1 Å². The van der Waals surface area contributed by atoms with Gasteiger partial charge in [0.2, 0.25) is 0 Å². The summed E-state index contributed by atoms with van der Waals surface area (Å²) in [5, 5.41) is 17.0. The van der Waals surface area contributed by atoms with E-state index in [2.05, 4.69) is 10.2 Å². The molecule has 2 rings (SSSR count). The molecule has 1 aromatic carbocycles. The highest BCUT2D eigenvalue weighted by Gasteiger charge is 2.13. The second-order valence-corrected chi connectivity index (χ2v) is 4.02. The van der Waals surface area contributed by atoms with E-state index in [4.69, 9.17) is 17.3 Å². The zero-order valence-corrected chi connectivity index (χ0v) is 9.28. The molecule has 1 atom stereocenters. The first kappa shape index (κ1) is 11.0. The molecule has 1 unspecified atom stereocenters. The minimum absolute atomic E-state index is 0.404. The van der Waals surface area contributed by atoms with Gasteiger partial charge in [0.15, 0.2) is 0 Å². The van der Waals surface area contributed by atoms with E-state index in [0.29, 0.717) is 22.8 Å². The number of nitrogen functional groups attached to an aromatic ring is 1. The van der Waals surface area contributed by atoms with Gasteiger partial charge in [-0.05, 0) is 17.7 Å². The molecule has 0 saturated heterocycles. The van der Waals surface area contributed by atoms with E-state index in [-0.39, 0.29) is 0 Å². The van der Waals surface area contributed by atoms with Crippen LogP contribution in [0.25, 0.3) is 0 Å². The number of H-pyrrole nitrogens is 1. The maximum Gasteiger partial charge on any atom is 0.124 e. The number of aliphatic hydroxyl groups excluding tert-OH is 1. The van der Waals surface area contributed by atoms with Crippen LogP contribution in [0.5, 0.6) is 0 Å². The Morgan fingerprint density at radius 1 is 1.38 bits per heavy atom. The standard InChI is InChI=1S/C11H12ClN3O/c12-8-3-1-7(2-4-8)5-10(16)9-6-14-15-11(9)13/h1-4,6,10,16H,5H2,(H3,13,14,15). The number of hydrogen-bond donors (Lipinski definition) is 3. The van der Waals surface area contributed by atoms with Crippen LogP contribution < -0.4 is 5.73 Å². The van der Waals surface area contributed by atoms with Crippen LogP contribution in [0, 0.1) is 0 Å². The summed E-state index contributed by atoms with van der Waals surface area (Å²) in [5.74, 6) is 0.404. The third-order valence-corrected chi connectivity index (χ3v) is 2.65. The predicted molar refractivity (Wildman–Crippen MR) is 63.1 cm³/mol. The Labute approximate surface area is 98.1 Å². The Hall–Kier alpha value is -1.52. The maximum atomic E-state index is 9.94. The predicted octanol–water partition coefficient (Wildman–Crippen LogP) is 1.92. The summed E-state index contributed by atoms with van der Waals surface area (Å²) in [6.45, 7) is 0. The van der Waals surface area contributed by atoms with Gasteiger partial charge in [-0.3, -0.25) is 5.10 Å². The topological polar surface area (TPSA) is 74.9 Å². The van der Waals surface area contributed by atoms with Crippen molar-refractivity contribution in [3.63, 3.8) is 0 Å². The largest absolute Gasteiger partial charge is 0.388 e. The van der Waals surface area contributed by atoms with Gasteiger partial charge in [-0.15, -0.1) is 0 Å². The van der Waals surface area contributed by atoms with Crippen LogP contribution in [-0.2, 0) is 6.42 Å². The molecule has 0 aliphatic carbocycles. The van der Waals surface area contributed by atoms with E-state index in [1.807, 2.05) is 12.1 Å². The van der Waals surface area contributed by atoms with Gasteiger partial charge in [0.25, 0.3) is 0 Å². The first-order chi connectivity index (χ1) is 7.66. The molecule has 0 radical (unpaired) electrons. The number of nitrogens with two attached hydrogens (primary N) is 1. The zero-order chi connectivity index (χ0) is 11.5. The van der Waals surface area contributed by atoms with Gasteiger partial charge in [0.1, 0.15) is 5.82 Å². The van der Waals surface area contributed by atoms with E-state index < -0.39 is 6.10 Å².